The van der Waals surface area contributed by atoms with Crippen LogP contribution in [-0.4, -0.2) is 94.6 Å². The Morgan fingerprint density at radius 3 is 2.50 bits per heavy atom. The molecule has 3 heterocycles. The Morgan fingerprint density at radius 2 is 1.78 bits per heavy atom. The van der Waals surface area contributed by atoms with Gasteiger partial charge < -0.3 is 19.7 Å². The number of halogens is 1. The van der Waals surface area contributed by atoms with Crippen LogP contribution in [0.25, 0.3) is 0 Å². The number of nitro benzene ring substituents is 1. The molecule has 0 spiro atoms. The van der Waals surface area contributed by atoms with Gasteiger partial charge in [0.05, 0.1) is 34.8 Å². The Hall–Kier alpha value is -4.87. The molecule has 0 bridgehead atoms. The zero-order valence-corrected chi connectivity index (χ0v) is 35.7. The molecule has 0 aromatic heterocycles. The highest BCUT2D eigenvalue weighted by atomic mass is 35.5. The van der Waals surface area contributed by atoms with Gasteiger partial charge in [-0.25, -0.2) is 13.1 Å². The van der Waals surface area contributed by atoms with Gasteiger partial charge in [0.1, 0.15) is 17.2 Å². The molecule has 0 aliphatic carbocycles. The van der Waals surface area contributed by atoms with Crippen LogP contribution < -0.4 is 19.7 Å². The summed E-state index contributed by atoms with van der Waals surface area (Å²) in [5.74, 6) is 0.0777. The Labute approximate surface area is 357 Å². The summed E-state index contributed by atoms with van der Waals surface area (Å²) in [7, 11) is -4.55. The number of likely N-dealkylation sites (tertiary alicyclic amines) is 1. The zero-order chi connectivity index (χ0) is 42.5. The highest BCUT2D eigenvalue weighted by Crippen LogP contribution is 2.36. The summed E-state index contributed by atoms with van der Waals surface area (Å²) >= 11 is 6.19. The molecule has 0 radical (unpaired) electrons. The minimum absolute atomic E-state index is 0.0383. The predicted molar refractivity (Wildman–Crippen MR) is 233 cm³/mol. The van der Waals surface area contributed by atoms with E-state index in [2.05, 4.69) is 53.7 Å². The van der Waals surface area contributed by atoms with E-state index >= 15 is 0 Å². The van der Waals surface area contributed by atoms with Crippen LogP contribution in [0, 0.1) is 16.0 Å². The van der Waals surface area contributed by atoms with E-state index in [4.69, 9.17) is 21.1 Å². The van der Waals surface area contributed by atoms with Gasteiger partial charge >= 0.3 is 0 Å². The number of allylic oxidation sites excluding steroid dienone is 1. The predicted octanol–water partition coefficient (Wildman–Crippen LogP) is 8.17. The fourth-order valence-corrected chi connectivity index (χ4v) is 9.11. The minimum Gasteiger partial charge on any atom is -0.459 e. The first-order valence-corrected chi connectivity index (χ1v) is 22.6. The molecule has 3 saturated heterocycles. The normalized spacial score (nSPS) is 18.7. The van der Waals surface area contributed by atoms with Gasteiger partial charge in [0.25, 0.3) is 21.6 Å². The van der Waals surface area contributed by atoms with Crippen molar-refractivity contribution in [2.45, 2.75) is 62.8 Å². The van der Waals surface area contributed by atoms with Gasteiger partial charge in [-0.1, -0.05) is 43.7 Å². The monoisotopic (exact) mass is 862 g/mol. The number of hydrogen-bond donors (Lipinski definition) is 2. The van der Waals surface area contributed by atoms with Crippen LogP contribution in [0.4, 0.5) is 17.1 Å². The summed E-state index contributed by atoms with van der Waals surface area (Å²) in [5.41, 5.74) is 1.86. The van der Waals surface area contributed by atoms with E-state index in [0.29, 0.717) is 43.9 Å². The third-order valence-corrected chi connectivity index (χ3v) is 12.8. The number of amides is 1. The second kappa shape index (κ2) is 21.6. The third-order valence-electron chi connectivity index (χ3n) is 11.3. The number of nitrogens with zero attached hydrogens (tertiary/aromatic N) is 6. The molecule has 3 aromatic rings. The average molecular weight is 863 g/mol. The van der Waals surface area contributed by atoms with Crippen LogP contribution in [0.5, 0.6) is 5.75 Å². The molecule has 3 aromatic carbocycles. The fourth-order valence-electron chi connectivity index (χ4n) is 8.00. The van der Waals surface area contributed by atoms with Crippen molar-refractivity contribution in [1.29, 1.82) is 0 Å². The topological polar surface area (TPSA) is 171 Å². The molecule has 1 atom stereocenters. The molecule has 3 aliphatic heterocycles. The van der Waals surface area contributed by atoms with E-state index in [0.717, 1.165) is 88.3 Å². The molecule has 17 heteroatoms. The number of benzene rings is 3. The summed E-state index contributed by atoms with van der Waals surface area (Å²) < 4.78 is 40.9. The van der Waals surface area contributed by atoms with Crippen molar-refractivity contribution in [3.8, 4) is 5.75 Å². The summed E-state index contributed by atoms with van der Waals surface area (Å²) in [5, 5.41) is 23.6. The lowest BCUT2D eigenvalue weighted by molar-refractivity contribution is -0.384. The molecule has 60 heavy (non-hydrogen) atoms. The number of hydrogen-bond acceptors (Lipinski definition) is 13. The van der Waals surface area contributed by atoms with Crippen LogP contribution in [0.3, 0.4) is 0 Å². The van der Waals surface area contributed by atoms with Gasteiger partial charge in [-0.2, -0.15) is 10.2 Å². The van der Waals surface area contributed by atoms with Gasteiger partial charge in [-0.05, 0) is 93.1 Å². The van der Waals surface area contributed by atoms with Crippen molar-refractivity contribution in [2.24, 2.45) is 16.1 Å². The molecule has 3 fully saturated rings. The zero-order valence-electron chi connectivity index (χ0n) is 34.1. The van der Waals surface area contributed by atoms with Crippen molar-refractivity contribution in [3.05, 3.63) is 112 Å². The minimum atomic E-state index is -4.55. The maximum absolute atomic E-state index is 13.8. The van der Waals surface area contributed by atoms with E-state index in [-0.39, 0.29) is 17.0 Å². The highest BCUT2D eigenvalue weighted by Gasteiger charge is 2.30. The number of azo groups is 1. The van der Waals surface area contributed by atoms with Gasteiger partial charge in [0.15, 0.2) is 0 Å². The summed E-state index contributed by atoms with van der Waals surface area (Å²) in [6.45, 7) is 13.3. The summed E-state index contributed by atoms with van der Waals surface area (Å²) in [4.78, 5) is 31.9. The molecule has 1 amide bonds. The molecule has 2 N–H and O–H groups in total. The van der Waals surface area contributed by atoms with Crippen LogP contribution >= 0.6 is 11.6 Å². The number of anilines is 2. The Bertz CT molecular complexity index is 2120. The number of nitro groups is 1. The molecule has 15 nitrogen and oxygen atoms in total. The second-order valence-corrected chi connectivity index (χ2v) is 17.4. The lowest BCUT2D eigenvalue weighted by Gasteiger charge is -2.41. The van der Waals surface area contributed by atoms with E-state index in [1.807, 2.05) is 19.1 Å². The van der Waals surface area contributed by atoms with Crippen molar-refractivity contribution in [2.75, 3.05) is 75.8 Å². The maximum atomic E-state index is 13.8. The number of carbonyl (C=O) groups is 1. The van der Waals surface area contributed by atoms with Crippen molar-refractivity contribution >= 4 is 44.6 Å². The number of carbonyl (C=O) groups excluding carboxylic acids is 1. The standard InChI is InChI=1S/C43H55ClN8O7S/c1-3-36(30-47-46-4-2)59-42-28-35(50-22-17-32(18-23-50)31-51-21-6-5-8-40(51)33-9-11-34(44)12-10-33)13-15-38(42)43(53)48-60(56,57)37-14-16-39(41(29-37)52(54)55)45-19-7-20-49-24-26-58-27-25-49/h4,9-16,28-30,32,40,45H,2-3,5-8,17-27,31H2,1H3,(H,48,53)/b36-30+,47-46?/t40-/m0/s1. The molecule has 0 saturated carbocycles. The quantitative estimate of drug-likeness (QED) is 0.0416. The summed E-state index contributed by atoms with van der Waals surface area (Å²) in [6.07, 6.45) is 9.32. The number of piperidine rings is 2. The number of sulfonamides is 1. The van der Waals surface area contributed by atoms with Crippen molar-refractivity contribution in [1.82, 2.24) is 14.5 Å². The molecule has 0 unspecified atom stereocenters. The first kappa shape index (κ1) is 44.7. The highest BCUT2D eigenvalue weighted by molar-refractivity contribution is 7.90. The second-order valence-electron chi connectivity index (χ2n) is 15.2. The maximum Gasteiger partial charge on any atom is 0.293 e. The molecular formula is C43H55ClN8O7S. The lowest BCUT2D eigenvalue weighted by Crippen LogP contribution is -2.41. The lowest BCUT2D eigenvalue weighted by atomic mass is 9.91. The molecular weight excluding hydrogens is 808 g/mol. The number of morpholine rings is 1. The van der Waals surface area contributed by atoms with Crippen molar-refractivity contribution < 1.29 is 27.6 Å². The first-order valence-electron chi connectivity index (χ1n) is 20.7. The van der Waals surface area contributed by atoms with E-state index in [1.54, 1.807) is 12.1 Å². The van der Waals surface area contributed by atoms with Crippen LogP contribution in [0.15, 0.2) is 101 Å². The van der Waals surface area contributed by atoms with E-state index < -0.39 is 31.4 Å². The summed E-state index contributed by atoms with van der Waals surface area (Å²) in [6, 6.07) is 17.2. The molecule has 322 valence electrons. The largest absolute Gasteiger partial charge is 0.459 e. The average Bonchev–Trinajstić information content (AvgIpc) is 3.25. The number of nitrogens with one attached hydrogen (secondary N) is 2. The van der Waals surface area contributed by atoms with Crippen LogP contribution in [-0.2, 0) is 14.8 Å². The van der Waals surface area contributed by atoms with Gasteiger partial charge in [-0.3, -0.25) is 24.7 Å². The smallest absolute Gasteiger partial charge is 0.293 e. The number of rotatable bonds is 18. The van der Waals surface area contributed by atoms with Gasteiger partial charge in [0, 0.05) is 80.8 Å². The van der Waals surface area contributed by atoms with Crippen LogP contribution in [0.1, 0.15) is 73.8 Å². The Kier molecular flexibility index (Phi) is 16.1. The SMILES string of the molecule is C=CN=N/C=C(\CC)Oc1cc(N2CCC(CN3CCCC[C@H]3c3ccc(Cl)cc3)CC2)ccc1C(=O)NS(=O)(=O)c1ccc(NCCCN2CCOCC2)c([N+](=O)[O-])c1. The van der Waals surface area contributed by atoms with E-state index in [9.17, 15) is 23.3 Å². The molecule has 3 aliphatic rings. The fraction of sp³-hybridized carbons (Fsp3) is 0.465. The van der Waals surface area contributed by atoms with Gasteiger partial charge in [0.2, 0.25) is 0 Å². The van der Waals surface area contributed by atoms with Crippen molar-refractivity contribution in [3.63, 3.8) is 0 Å². The molecule has 6 rings (SSSR count). The third kappa shape index (κ3) is 12.1. The van der Waals surface area contributed by atoms with Gasteiger partial charge in [-0.15, -0.1) is 0 Å². The number of ether oxygens (including phenoxy) is 2. The van der Waals surface area contributed by atoms with Crippen LogP contribution in [0.2, 0.25) is 5.02 Å². The Balaban J connectivity index is 1.14. The van der Waals surface area contributed by atoms with E-state index in [1.165, 1.54) is 49.0 Å². The Morgan fingerprint density at radius 1 is 1.02 bits per heavy atom. The first-order chi connectivity index (χ1) is 29.0.